The number of allylic oxidation sites excluding steroid dienone is 1. The maximum atomic E-state index is 12.2. The van der Waals surface area contributed by atoms with Crippen LogP contribution in [0.25, 0.3) is 11.4 Å². The number of fused-ring (bicyclic) bond motifs is 1. The van der Waals surface area contributed by atoms with Crippen LogP contribution in [0.2, 0.25) is 0 Å². The fourth-order valence-electron chi connectivity index (χ4n) is 3.31. The zero-order valence-electron chi connectivity index (χ0n) is 15.6. The summed E-state index contributed by atoms with van der Waals surface area (Å²) in [6, 6.07) is 10.8. The van der Waals surface area contributed by atoms with Crippen LogP contribution in [0.1, 0.15) is 25.5 Å². The Kier molecular flexibility index (Phi) is 4.52. The van der Waals surface area contributed by atoms with E-state index in [9.17, 15) is 4.79 Å². The molecule has 2 aromatic heterocycles. The predicted molar refractivity (Wildman–Crippen MR) is 105 cm³/mol. The number of nitrogens with two attached hydrogens (primary N) is 1. The first-order valence-corrected chi connectivity index (χ1v) is 8.95. The highest BCUT2D eigenvalue weighted by Crippen LogP contribution is 2.35. The highest BCUT2D eigenvalue weighted by atomic mass is 16.5. The number of amides is 1. The first-order chi connectivity index (χ1) is 13.6. The van der Waals surface area contributed by atoms with Crippen LogP contribution in [0, 0.1) is 0 Å². The number of hydrogen-bond acceptors (Lipinski definition) is 6. The van der Waals surface area contributed by atoms with E-state index < -0.39 is 11.9 Å². The van der Waals surface area contributed by atoms with E-state index in [-0.39, 0.29) is 0 Å². The predicted octanol–water partition coefficient (Wildman–Crippen LogP) is 2.51. The van der Waals surface area contributed by atoms with Gasteiger partial charge in [0, 0.05) is 23.7 Å². The molecule has 0 aliphatic carbocycles. The second kappa shape index (κ2) is 7.15. The van der Waals surface area contributed by atoms with Gasteiger partial charge >= 0.3 is 0 Å². The molecule has 142 valence electrons. The lowest BCUT2D eigenvalue weighted by atomic mass is 9.97. The first kappa shape index (κ1) is 17.7. The summed E-state index contributed by atoms with van der Waals surface area (Å²) in [5.74, 6) is 1.36. The van der Waals surface area contributed by atoms with Gasteiger partial charge in [-0.3, -0.25) is 9.78 Å². The van der Waals surface area contributed by atoms with E-state index in [1.54, 1.807) is 24.0 Å². The van der Waals surface area contributed by atoms with E-state index in [2.05, 4.69) is 20.4 Å². The minimum atomic E-state index is -0.511. The van der Waals surface area contributed by atoms with Gasteiger partial charge in [-0.1, -0.05) is 6.07 Å². The molecule has 0 saturated carbocycles. The molecule has 1 unspecified atom stereocenters. The number of rotatable bonds is 5. The molecular formula is C20H20N6O2. The van der Waals surface area contributed by atoms with Crippen molar-refractivity contribution in [2.75, 3.05) is 11.9 Å². The Morgan fingerprint density at radius 1 is 1.29 bits per heavy atom. The molecule has 8 heteroatoms. The molecular weight excluding hydrogens is 356 g/mol. The molecule has 1 atom stereocenters. The third kappa shape index (κ3) is 3.09. The third-order valence-electron chi connectivity index (χ3n) is 4.54. The van der Waals surface area contributed by atoms with Crippen molar-refractivity contribution in [3.63, 3.8) is 0 Å². The van der Waals surface area contributed by atoms with E-state index in [1.807, 2.05) is 43.3 Å². The van der Waals surface area contributed by atoms with Crippen molar-refractivity contribution in [3.8, 4) is 17.1 Å². The first-order valence-electron chi connectivity index (χ1n) is 8.95. The smallest absolute Gasteiger partial charge is 0.248 e. The number of benzene rings is 1. The van der Waals surface area contributed by atoms with Gasteiger partial charge in [0.25, 0.3) is 0 Å². The lowest BCUT2D eigenvalue weighted by Crippen LogP contribution is -2.31. The molecule has 3 N–H and O–H groups in total. The number of carbonyl (C=O) groups is 1. The highest BCUT2D eigenvalue weighted by Gasteiger charge is 2.33. The molecule has 0 spiro atoms. The fraction of sp³-hybridized carbons (Fsp3) is 0.200. The number of carbonyl (C=O) groups excluding carboxylic acids is 1. The summed E-state index contributed by atoms with van der Waals surface area (Å²) >= 11 is 0. The molecule has 0 fully saturated rings. The maximum absolute atomic E-state index is 12.2. The summed E-state index contributed by atoms with van der Waals surface area (Å²) in [5, 5.41) is 7.79. The lowest BCUT2D eigenvalue weighted by Gasteiger charge is -2.27. The Morgan fingerprint density at radius 3 is 2.71 bits per heavy atom. The van der Waals surface area contributed by atoms with Crippen LogP contribution in [-0.4, -0.2) is 32.3 Å². The number of nitrogens with one attached hydrogen (secondary N) is 1. The van der Waals surface area contributed by atoms with Gasteiger partial charge in [-0.25, -0.2) is 4.68 Å². The Hall–Kier alpha value is -3.68. The minimum Gasteiger partial charge on any atom is -0.494 e. The van der Waals surface area contributed by atoms with Crippen molar-refractivity contribution in [2.24, 2.45) is 5.73 Å². The molecule has 3 heterocycles. The number of pyridine rings is 1. The summed E-state index contributed by atoms with van der Waals surface area (Å²) in [6.07, 6.45) is 3.38. The number of anilines is 1. The number of primary amides is 1. The van der Waals surface area contributed by atoms with Crippen LogP contribution in [0.5, 0.6) is 5.75 Å². The Morgan fingerprint density at radius 2 is 2.07 bits per heavy atom. The van der Waals surface area contributed by atoms with Gasteiger partial charge in [0.1, 0.15) is 11.8 Å². The van der Waals surface area contributed by atoms with Crippen molar-refractivity contribution in [2.45, 2.75) is 19.9 Å². The SMILES string of the molecule is CCOc1ccc(-c2nc3n(n2)C(c2cccnc2)C(C(N)=O)=C(C)N3)cc1. The number of aromatic nitrogens is 4. The van der Waals surface area contributed by atoms with Crippen molar-refractivity contribution >= 4 is 11.9 Å². The van der Waals surface area contributed by atoms with Crippen LogP contribution >= 0.6 is 0 Å². The summed E-state index contributed by atoms with van der Waals surface area (Å²) in [4.78, 5) is 20.9. The largest absolute Gasteiger partial charge is 0.494 e. The summed E-state index contributed by atoms with van der Waals surface area (Å²) in [7, 11) is 0. The average molecular weight is 376 g/mol. The van der Waals surface area contributed by atoms with Gasteiger partial charge in [-0.2, -0.15) is 4.98 Å². The summed E-state index contributed by atoms with van der Waals surface area (Å²) in [5.41, 5.74) is 8.41. The van der Waals surface area contributed by atoms with Gasteiger partial charge in [-0.15, -0.1) is 5.10 Å². The molecule has 1 amide bonds. The number of nitrogens with zero attached hydrogens (tertiary/aromatic N) is 4. The summed E-state index contributed by atoms with van der Waals surface area (Å²) < 4.78 is 7.16. The van der Waals surface area contributed by atoms with Gasteiger partial charge in [0.05, 0.1) is 12.2 Å². The average Bonchev–Trinajstić information content (AvgIpc) is 3.11. The molecule has 4 rings (SSSR count). The van der Waals surface area contributed by atoms with Crippen molar-refractivity contribution < 1.29 is 9.53 Å². The zero-order valence-corrected chi connectivity index (χ0v) is 15.6. The standard InChI is InChI=1S/C20H20N6O2/c1-3-28-15-8-6-13(7-9-15)19-24-20-23-12(2)16(18(21)27)17(26(20)25-19)14-5-4-10-22-11-14/h4-11,17H,3H2,1-2H3,(H2,21,27)(H,23,24,25). The fourth-order valence-corrected chi connectivity index (χ4v) is 3.31. The van der Waals surface area contributed by atoms with Crippen molar-refractivity contribution in [1.29, 1.82) is 0 Å². The Bertz CT molecular complexity index is 1040. The molecule has 8 nitrogen and oxygen atoms in total. The Balaban J connectivity index is 1.79. The van der Waals surface area contributed by atoms with Crippen LogP contribution in [0.3, 0.4) is 0 Å². The minimum absolute atomic E-state index is 0.434. The summed E-state index contributed by atoms with van der Waals surface area (Å²) in [6.45, 7) is 4.35. The monoisotopic (exact) mass is 376 g/mol. The quantitative estimate of drug-likeness (QED) is 0.708. The van der Waals surface area contributed by atoms with Crippen molar-refractivity contribution in [1.82, 2.24) is 19.7 Å². The molecule has 1 aliphatic heterocycles. The van der Waals surface area contributed by atoms with Gasteiger partial charge in [-0.05, 0) is 49.7 Å². The number of hydrogen-bond donors (Lipinski definition) is 2. The number of ether oxygens (including phenoxy) is 1. The second-order valence-electron chi connectivity index (χ2n) is 6.38. The normalized spacial score (nSPS) is 15.7. The maximum Gasteiger partial charge on any atom is 0.248 e. The van der Waals surface area contributed by atoms with E-state index in [0.29, 0.717) is 29.6 Å². The molecule has 1 aromatic carbocycles. The van der Waals surface area contributed by atoms with Crippen LogP contribution in [-0.2, 0) is 4.79 Å². The van der Waals surface area contributed by atoms with Crippen LogP contribution < -0.4 is 15.8 Å². The van der Waals surface area contributed by atoms with Gasteiger partial charge < -0.3 is 15.8 Å². The second-order valence-corrected chi connectivity index (χ2v) is 6.38. The van der Waals surface area contributed by atoms with Gasteiger partial charge in [0.2, 0.25) is 11.9 Å². The van der Waals surface area contributed by atoms with E-state index in [4.69, 9.17) is 10.5 Å². The topological polar surface area (TPSA) is 108 Å². The zero-order chi connectivity index (χ0) is 19.7. The third-order valence-corrected chi connectivity index (χ3v) is 4.54. The molecule has 0 saturated heterocycles. The van der Waals surface area contributed by atoms with Crippen LogP contribution in [0.4, 0.5) is 5.95 Å². The van der Waals surface area contributed by atoms with E-state index in [1.165, 1.54) is 0 Å². The molecule has 3 aromatic rings. The molecule has 0 radical (unpaired) electrons. The van der Waals surface area contributed by atoms with Crippen molar-refractivity contribution in [3.05, 3.63) is 65.6 Å². The van der Waals surface area contributed by atoms with Crippen LogP contribution in [0.15, 0.2) is 60.1 Å². The lowest BCUT2D eigenvalue weighted by molar-refractivity contribution is -0.115. The Labute approximate surface area is 162 Å². The van der Waals surface area contributed by atoms with Gasteiger partial charge in [0.15, 0.2) is 5.82 Å². The molecule has 0 bridgehead atoms. The van der Waals surface area contributed by atoms with E-state index >= 15 is 0 Å². The van der Waals surface area contributed by atoms with E-state index in [0.717, 1.165) is 16.9 Å². The molecule has 1 aliphatic rings. The molecule has 28 heavy (non-hydrogen) atoms. The highest BCUT2D eigenvalue weighted by molar-refractivity contribution is 5.95.